The van der Waals surface area contributed by atoms with Crippen molar-refractivity contribution in [3.63, 3.8) is 0 Å². The van der Waals surface area contributed by atoms with Crippen LogP contribution in [0, 0.1) is 0 Å². The predicted molar refractivity (Wildman–Crippen MR) is 114 cm³/mol. The average molecular weight is 401 g/mol. The molecule has 1 aromatic heterocycles. The van der Waals surface area contributed by atoms with Crippen LogP contribution in [0.3, 0.4) is 0 Å². The lowest BCUT2D eigenvalue weighted by Gasteiger charge is -2.36. The lowest BCUT2D eigenvalue weighted by molar-refractivity contribution is -0.117. The van der Waals surface area contributed by atoms with Gasteiger partial charge in [-0.05, 0) is 70.8 Å². The standard InChI is InChI=1S/C21H28N4O2S/c1-14-5-8-19-20(25(14)15(2)26)10-9-18(21(19)27-13-28-23(3)4)16-11-22-24(12-16)17-6-7-17/h9-12,14,17H,5-8,13H2,1-4H3. The number of carbonyl (C=O) groups excluding carboxylic acids is 1. The highest BCUT2D eigenvalue weighted by molar-refractivity contribution is 7.96. The van der Waals surface area contributed by atoms with E-state index in [0.717, 1.165) is 41.0 Å². The molecule has 0 bridgehead atoms. The number of ether oxygens (including phenoxy) is 1. The molecule has 4 rings (SSSR count). The Balaban J connectivity index is 1.75. The van der Waals surface area contributed by atoms with E-state index in [4.69, 9.17) is 4.74 Å². The maximum Gasteiger partial charge on any atom is 0.224 e. The molecule has 7 heteroatoms. The fourth-order valence-corrected chi connectivity index (χ4v) is 4.26. The summed E-state index contributed by atoms with van der Waals surface area (Å²) in [5.74, 6) is 1.50. The molecule has 1 atom stereocenters. The van der Waals surface area contributed by atoms with Gasteiger partial charge in [0.25, 0.3) is 0 Å². The zero-order valence-electron chi connectivity index (χ0n) is 17.0. The zero-order valence-corrected chi connectivity index (χ0v) is 17.8. The normalized spacial score (nSPS) is 19.0. The average Bonchev–Trinajstić information content (AvgIpc) is 3.38. The third-order valence-electron chi connectivity index (χ3n) is 5.44. The van der Waals surface area contributed by atoms with Crippen molar-refractivity contribution in [3.05, 3.63) is 30.1 Å². The number of hydrogen-bond donors (Lipinski definition) is 0. The van der Waals surface area contributed by atoms with E-state index in [0.29, 0.717) is 12.0 Å². The number of benzene rings is 1. The van der Waals surface area contributed by atoms with Crippen LogP contribution in [0.4, 0.5) is 5.69 Å². The van der Waals surface area contributed by atoms with Gasteiger partial charge in [-0.3, -0.25) is 13.8 Å². The largest absolute Gasteiger partial charge is 0.481 e. The maximum atomic E-state index is 12.3. The minimum absolute atomic E-state index is 0.0800. The summed E-state index contributed by atoms with van der Waals surface area (Å²) in [6, 6.07) is 4.91. The van der Waals surface area contributed by atoms with Crippen LogP contribution < -0.4 is 9.64 Å². The van der Waals surface area contributed by atoms with Gasteiger partial charge in [0, 0.05) is 35.9 Å². The highest BCUT2D eigenvalue weighted by atomic mass is 32.2. The minimum Gasteiger partial charge on any atom is -0.481 e. The molecule has 6 nitrogen and oxygen atoms in total. The van der Waals surface area contributed by atoms with Crippen molar-refractivity contribution in [3.8, 4) is 16.9 Å². The summed E-state index contributed by atoms with van der Waals surface area (Å²) in [7, 11) is 4.02. The summed E-state index contributed by atoms with van der Waals surface area (Å²) >= 11 is 1.62. The summed E-state index contributed by atoms with van der Waals surface area (Å²) in [4.78, 5) is 14.2. The lowest BCUT2D eigenvalue weighted by atomic mass is 9.92. The number of fused-ring (bicyclic) bond motifs is 1. The van der Waals surface area contributed by atoms with E-state index >= 15 is 0 Å². The first-order valence-electron chi connectivity index (χ1n) is 9.89. The van der Waals surface area contributed by atoms with E-state index in [1.807, 2.05) is 29.5 Å². The van der Waals surface area contributed by atoms with E-state index in [-0.39, 0.29) is 11.9 Å². The monoisotopic (exact) mass is 400 g/mol. The van der Waals surface area contributed by atoms with Crippen molar-refractivity contribution in [2.75, 3.05) is 24.9 Å². The van der Waals surface area contributed by atoms with Crippen LogP contribution in [-0.4, -0.2) is 46.1 Å². The molecule has 0 radical (unpaired) electrons. The molecule has 2 aliphatic rings. The number of anilines is 1. The fraction of sp³-hybridized carbons (Fsp3) is 0.524. The van der Waals surface area contributed by atoms with Crippen LogP contribution in [0.25, 0.3) is 11.1 Å². The van der Waals surface area contributed by atoms with Gasteiger partial charge in [-0.2, -0.15) is 5.10 Å². The highest BCUT2D eigenvalue weighted by Crippen LogP contribution is 2.44. The summed E-state index contributed by atoms with van der Waals surface area (Å²) < 4.78 is 10.4. The molecule has 0 saturated heterocycles. The second-order valence-electron chi connectivity index (χ2n) is 7.86. The molecule has 2 aromatic rings. The van der Waals surface area contributed by atoms with Crippen molar-refractivity contribution >= 4 is 23.5 Å². The molecular formula is C21H28N4O2S. The molecule has 28 heavy (non-hydrogen) atoms. The lowest BCUT2D eigenvalue weighted by Crippen LogP contribution is -2.40. The summed E-state index contributed by atoms with van der Waals surface area (Å²) in [5.41, 5.74) is 4.24. The number of nitrogens with zero attached hydrogens (tertiary/aromatic N) is 4. The Kier molecular flexibility index (Phi) is 5.38. The predicted octanol–water partition coefficient (Wildman–Crippen LogP) is 4.12. The van der Waals surface area contributed by atoms with Crippen LogP contribution in [-0.2, 0) is 11.2 Å². The molecule has 1 amide bonds. The molecular weight excluding hydrogens is 372 g/mol. The van der Waals surface area contributed by atoms with Crippen LogP contribution in [0.2, 0.25) is 0 Å². The second-order valence-corrected chi connectivity index (χ2v) is 9.08. The third-order valence-corrected chi connectivity index (χ3v) is 6.17. The number of aromatic nitrogens is 2. The first kappa shape index (κ1) is 19.3. The molecule has 2 heterocycles. The number of rotatable bonds is 6. The molecule has 0 N–H and O–H groups in total. The van der Waals surface area contributed by atoms with Crippen LogP contribution in [0.5, 0.6) is 5.75 Å². The smallest absolute Gasteiger partial charge is 0.224 e. The Morgan fingerprint density at radius 1 is 1.32 bits per heavy atom. The Labute approximate surface area is 171 Å². The van der Waals surface area contributed by atoms with Crippen molar-refractivity contribution < 1.29 is 9.53 Å². The summed E-state index contributed by atoms with van der Waals surface area (Å²) in [5, 5.41) is 4.55. The number of hydrogen-bond acceptors (Lipinski definition) is 5. The molecule has 1 fully saturated rings. The van der Waals surface area contributed by atoms with E-state index in [1.165, 1.54) is 12.8 Å². The van der Waals surface area contributed by atoms with Gasteiger partial charge in [-0.25, -0.2) is 0 Å². The summed E-state index contributed by atoms with van der Waals surface area (Å²) in [6.45, 7) is 3.75. The van der Waals surface area contributed by atoms with E-state index in [2.05, 4.69) is 35.0 Å². The topological polar surface area (TPSA) is 50.6 Å². The van der Waals surface area contributed by atoms with E-state index < -0.39 is 0 Å². The van der Waals surface area contributed by atoms with Gasteiger partial charge in [-0.15, -0.1) is 0 Å². The number of amides is 1. The van der Waals surface area contributed by atoms with Gasteiger partial charge in [0.2, 0.25) is 5.91 Å². The third kappa shape index (κ3) is 3.78. The molecule has 1 unspecified atom stereocenters. The van der Waals surface area contributed by atoms with Gasteiger partial charge < -0.3 is 9.64 Å². The maximum absolute atomic E-state index is 12.3. The Bertz CT molecular complexity index is 875. The van der Waals surface area contributed by atoms with Gasteiger partial charge in [-0.1, -0.05) is 0 Å². The van der Waals surface area contributed by atoms with Crippen LogP contribution in [0.15, 0.2) is 24.5 Å². The quantitative estimate of drug-likeness (QED) is 0.539. The molecule has 150 valence electrons. The molecule has 1 aromatic carbocycles. The van der Waals surface area contributed by atoms with Crippen molar-refractivity contribution in [2.24, 2.45) is 0 Å². The second kappa shape index (κ2) is 7.79. The van der Waals surface area contributed by atoms with Gasteiger partial charge in [0.15, 0.2) is 0 Å². The fourth-order valence-electron chi connectivity index (χ4n) is 3.88. The molecule has 1 aliphatic heterocycles. The van der Waals surface area contributed by atoms with E-state index in [1.54, 1.807) is 18.9 Å². The molecule has 0 spiro atoms. The zero-order chi connectivity index (χ0) is 19.8. The van der Waals surface area contributed by atoms with Gasteiger partial charge in [0.05, 0.1) is 17.9 Å². The first-order valence-corrected chi connectivity index (χ1v) is 10.8. The molecule has 1 aliphatic carbocycles. The molecule has 1 saturated carbocycles. The van der Waals surface area contributed by atoms with Crippen molar-refractivity contribution in [1.29, 1.82) is 0 Å². The van der Waals surface area contributed by atoms with Crippen LogP contribution >= 0.6 is 11.9 Å². The van der Waals surface area contributed by atoms with Crippen LogP contribution in [0.1, 0.15) is 44.7 Å². The van der Waals surface area contributed by atoms with Gasteiger partial charge >= 0.3 is 0 Å². The Morgan fingerprint density at radius 2 is 2.11 bits per heavy atom. The van der Waals surface area contributed by atoms with E-state index in [9.17, 15) is 4.79 Å². The minimum atomic E-state index is 0.0800. The number of carbonyl (C=O) groups is 1. The summed E-state index contributed by atoms with van der Waals surface area (Å²) in [6.07, 6.45) is 8.32. The Hall–Kier alpha value is -1.99. The van der Waals surface area contributed by atoms with Gasteiger partial charge in [0.1, 0.15) is 11.7 Å². The SMILES string of the molecule is CC(=O)N1c2ccc(-c3cnn(C4CC4)c3)c(OCSN(C)C)c2CCC1C. The van der Waals surface area contributed by atoms with Crippen molar-refractivity contribution in [1.82, 2.24) is 14.1 Å². The van der Waals surface area contributed by atoms with Crippen molar-refractivity contribution in [2.45, 2.75) is 51.6 Å². The highest BCUT2D eigenvalue weighted by Gasteiger charge is 2.30. The first-order chi connectivity index (χ1) is 13.5. The Morgan fingerprint density at radius 3 is 2.79 bits per heavy atom.